The predicted octanol–water partition coefficient (Wildman–Crippen LogP) is 5.96. The molecule has 2 N–H and O–H groups in total. The second-order valence-corrected chi connectivity index (χ2v) is 7.70. The summed E-state index contributed by atoms with van der Waals surface area (Å²) < 4.78 is 6.47. The van der Waals surface area contributed by atoms with Crippen molar-refractivity contribution in [2.45, 2.75) is 6.04 Å². The molecule has 5 nitrogen and oxygen atoms in total. The second kappa shape index (κ2) is 8.27. The smallest absolute Gasteiger partial charge is 0.147 e. The number of phenolic OH excluding ortho intramolecular Hbond substituents is 1. The molecule has 0 radical (unpaired) electrons. The van der Waals surface area contributed by atoms with Crippen LogP contribution >= 0.6 is 27.5 Å². The minimum atomic E-state index is -0.485. The van der Waals surface area contributed by atoms with Gasteiger partial charge in [-0.05, 0) is 48.5 Å². The molecule has 4 rings (SSSR count). The van der Waals surface area contributed by atoms with Crippen LogP contribution in [0.4, 0.5) is 5.82 Å². The number of benzene rings is 2. The van der Waals surface area contributed by atoms with Crippen molar-refractivity contribution in [2.24, 2.45) is 0 Å². The van der Waals surface area contributed by atoms with Crippen LogP contribution in [0.5, 0.6) is 11.5 Å². The molecule has 2 aromatic carbocycles. The molecule has 1 atom stereocenters. The van der Waals surface area contributed by atoms with E-state index in [1.807, 2.05) is 42.5 Å². The van der Waals surface area contributed by atoms with E-state index in [4.69, 9.17) is 16.3 Å². The van der Waals surface area contributed by atoms with Crippen molar-refractivity contribution < 1.29 is 9.84 Å². The Balaban J connectivity index is 1.95. The molecule has 7 heteroatoms. The molecule has 0 aliphatic rings. The summed E-state index contributed by atoms with van der Waals surface area (Å²) in [5.74, 6) is 1.37. The Hall–Kier alpha value is -2.83. The Labute approximate surface area is 181 Å². The number of phenols is 1. The van der Waals surface area contributed by atoms with Gasteiger partial charge in [-0.15, -0.1) is 0 Å². The molecule has 0 aliphatic carbocycles. The average Bonchev–Trinajstić information content (AvgIpc) is 2.75. The van der Waals surface area contributed by atoms with E-state index in [1.54, 1.807) is 31.6 Å². The minimum Gasteiger partial charge on any atom is -0.505 e. The third kappa shape index (κ3) is 3.86. The standard InChI is InChI=1S/C22H17BrClN3O2/c1-29-18-8-7-13(23)11-15(18)20(27-19-6-2-3-9-25-19)16-12-17(24)14-5-4-10-26-21(14)22(16)28/h2-12,20,28H,1H3,(H,25,27)/t20-/m1/s1. The van der Waals surface area contributed by atoms with Gasteiger partial charge in [0.05, 0.1) is 18.2 Å². The molecule has 0 saturated carbocycles. The minimum absolute atomic E-state index is 0.0560. The summed E-state index contributed by atoms with van der Waals surface area (Å²) >= 11 is 10.1. The van der Waals surface area contributed by atoms with Crippen LogP contribution in [0.25, 0.3) is 10.9 Å². The topological polar surface area (TPSA) is 67.3 Å². The summed E-state index contributed by atoms with van der Waals surface area (Å²) in [5.41, 5.74) is 1.83. The number of nitrogens with one attached hydrogen (secondary N) is 1. The number of aromatic hydroxyl groups is 1. The number of hydrogen-bond acceptors (Lipinski definition) is 5. The first-order valence-corrected chi connectivity index (χ1v) is 10.0. The van der Waals surface area contributed by atoms with Gasteiger partial charge in [-0.25, -0.2) is 4.98 Å². The Bertz CT molecular complexity index is 1170. The SMILES string of the molecule is COc1ccc(Br)cc1[C@@H](Nc1ccccn1)c1cc(Cl)c2cccnc2c1O. The molecule has 0 unspecified atom stereocenters. The van der Waals surface area contributed by atoms with Gasteiger partial charge in [0.2, 0.25) is 0 Å². The lowest BCUT2D eigenvalue weighted by molar-refractivity contribution is 0.407. The highest BCUT2D eigenvalue weighted by Gasteiger charge is 2.25. The number of hydrogen-bond donors (Lipinski definition) is 2. The van der Waals surface area contributed by atoms with E-state index in [9.17, 15) is 5.11 Å². The first kappa shape index (κ1) is 19.5. The fourth-order valence-corrected chi connectivity index (χ4v) is 3.92. The maximum atomic E-state index is 11.1. The normalized spacial score (nSPS) is 12.0. The van der Waals surface area contributed by atoms with Crippen molar-refractivity contribution in [3.05, 3.63) is 87.6 Å². The summed E-state index contributed by atoms with van der Waals surface area (Å²) in [4.78, 5) is 8.70. The largest absolute Gasteiger partial charge is 0.505 e. The molecule has 4 aromatic rings. The first-order chi connectivity index (χ1) is 14.1. The zero-order valence-electron chi connectivity index (χ0n) is 15.4. The molecule has 0 fully saturated rings. The van der Waals surface area contributed by atoms with Crippen LogP contribution < -0.4 is 10.1 Å². The van der Waals surface area contributed by atoms with Crippen molar-refractivity contribution >= 4 is 44.3 Å². The van der Waals surface area contributed by atoms with Crippen molar-refractivity contribution in [3.8, 4) is 11.5 Å². The molecule has 0 spiro atoms. The number of nitrogens with zero attached hydrogens (tertiary/aromatic N) is 2. The van der Waals surface area contributed by atoms with E-state index < -0.39 is 6.04 Å². The van der Waals surface area contributed by atoms with Crippen molar-refractivity contribution in [2.75, 3.05) is 12.4 Å². The lowest BCUT2D eigenvalue weighted by Gasteiger charge is -2.24. The van der Waals surface area contributed by atoms with E-state index >= 15 is 0 Å². The van der Waals surface area contributed by atoms with Crippen LogP contribution in [-0.4, -0.2) is 22.2 Å². The highest BCUT2D eigenvalue weighted by Crippen LogP contribution is 2.42. The highest BCUT2D eigenvalue weighted by atomic mass is 79.9. The molecular weight excluding hydrogens is 454 g/mol. The Morgan fingerprint density at radius 1 is 1.03 bits per heavy atom. The average molecular weight is 471 g/mol. The maximum absolute atomic E-state index is 11.1. The third-order valence-electron chi connectivity index (χ3n) is 4.62. The molecule has 2 aromatic heterocycles. The summed E-state index contributed by atoms with van der Waals surface area (Å²) in [6, 6.07) is 16.2. The quantitative estimate of drug-likeness (QED) is 0.377. The zero-order valence-corrected chi connectivity index (χ0v) is 17.8. The lowest BCUT2D eigenvalue weighted by atomic mass is 9.95. The fraction of sp³-hybridized carbons (Fsp3) is 0.0909. The van der Waals surface area contributed by atoms with Crippen LogP contribution in [0, 0.1) is 0 Å². The number of fused-ring (bicyclic) bond motifs is 1. The molecule has 0 aliphatic heterocycles. The van der Waals surface area contributed by atoms with Gasteiger partial charge in [0.25, 0.3) is 0 Å². The van der Waals surface area contributed by atoms with E-state index in [1.165, 1.54) is 0 Å². The number of methoxy groups -OCH3 is 1. The van der Waals surface area contributed by atoms with Crippen molar-refractivity contribution in [1.82, 2.24) is 9.97 Å². The van der Waals surface area contributed by atoms with Gasteiger partial charge >= 0.3 is 0 Å². The van der Waals surface area contributed by atoms with Crippen LogP contribution in [-0.2, 0) is 0 Å². The number of anilines is 1. The Morgan fingerprint density at radius 3 is 2.62 bits per heavy atom. The monoisotopic (exact) mass is 469 g/mol. The van der Waals surface area contributed by atoms with E-state index in [0.717, 1.165) is 10.0 Å². The van der Waals surface area contributed by atoms with E-state index in [0.29, 0.717) is 33.1 Å². The van der Waals surface area contributed by atoms with Crippen LogP contribution in [0.2, 0.25) is 5.02 Å². The highest BCUT2D eigenvalue weighted by molar-refractivity contribution is 9.10. The Kier molecular flexibility index (Phi) is 5.56. The molecule has 2 heterocycles. The van der Waals surface area contributed by atoms with Crippen molar-refractivity contribution in [1.29, 1.82) is 0 Å². The van der Waals surface area contributed by atoms with Crippen molar-refractivity contribution in [3.63, 3.8) is 0 Å². The van der Waals surface area contributed by atoms with Gasteiger partial charge in [-0.3, -0.25) is 4.98 Å². The van der Waals surface area contributed by atoms with Gasteiger partial charge in [0.1, 0.15) is 22.8 Å². The molecule has 146 valence electrons. The molecular formula is C22H17BrClN3O2. The predicted molar refractivity (Wildman–Crippen MR) is 119 cm³/mol. The molecule has 0 saturated heterocycles. The van der Waals surface area contributed by atoms with Crippen LogP contribution in [0.3, 0.4) is 0 Å². The number of halogens is 2. The molecule has 0 bridgehead atoms. The summed E-state index contributed by atoms with van der Waals surface area (Å²) in [7, 11) is 1.61. The summed E-state index contributed by atoms with van der Waals surface area (Å²) in [6.45, 7) is 0. The Morgan fingerprint density at radius 2 is 1.86 bits per heavy atom. The van der Waals surface area contributed by atoms with Gasteiger partial charge < -0.3 is 15.2 Å². The van der Waals surface area contributed by atoms with Gasteiger partial charge in [0.15, 0.2) is 0 Å². The summed E-state index contributed by atoms with van der Waals surface area (Å²) in [5, 5.41) is 15.7. The third-order valence-corrected chi connectivity index (χ3v) is 5.42. The number of pyridine rings is 2. The molecule has 0 amide bonds. The maximum Gasteiger partial charge on any atom is 0.147 e. The lowest BCUT2D eigenvalue weighted by Crippen LogP contribution is -2.15. The fourth-order valence-electron chi connectivity index (χ4n) is 3.28. The summed E-state index contributed by atoms with van der Waals surface area (Å²) in [6.07, 6.45) is 3.33. The van der Waals surface area contributed by atoms with E-state index in [2.05, 4.69) is 31.2 Å². The van der Waals surface area contributed by atoms with Crippen LogP contribution in [0.15, 0.2) is 71.5 Å². The number of ether oxygens (including phenoxy) is 1. The first-order valence-electron chi connectivity index (χ1n) is 8.85. The van der Waals surface area contributed by atoms with Gasteiger partial charge in [-0.2, -0.15) is 0 Å². The molecule has 29 heavy (non-hydrogen) atoms. The van der Waals surface area contributed by atoms with Gasteiger partial charge in [0, 0.05) is 33.4 Å². The van der Waals surface area contributed by atoms with E-state index in [-0.39, 0.29) is 5.75 Å². The zero-order chi connectivity index (χ0) is 20.4. The van der Waals surface area contributed by atoms with Gasteiger partial charge in [-0.1, -0.05) is 33.6 Å². The second-order valence-electron chi connectivity index (χ2n) is 6.37. The van der Waals surface area contributed by atoms with Crippen LogP contribution in [0.1, 0.15) is 17.2 Å². The number of rotatable bonds is 5. The number of aromatic nitrogens is 2.